The summed E-state index contributed by atoms with van der Waals surface area (Å²) in [6.45, 7) is 10.1. The van der Waals surface area contributed by atoms with Gasteiger partial charge in [-0.25, -0.2) is 14.0 Å². The number of benzene rings is 1. The van der Waals surface area contributed by atoms with E-state index in [4.69, 9.17) is 21.1 Å². The molecule has 1 aromatic carbocycles. The molecule has 0 aromatic heterocycles. The first-order valence-electron chi connectivity index (χ1n) is 7.01. The Morgan fingerprint density at radius 3 is 2.04 bits per heavy atom. The zero-order valence-electron chi connectivity index (χ0n) is 14.0. The average molecular weight is 346 g/mol. The maximum Gasteiger partial charge on any atom is 0.412 e. The highest BCUT2D eigenvalue weighted by molar-refractivity contribution is 6.31. The first kappa shape index (κ1) is 19.2. The van der Waals surface area contributed by atoms with Crippen molar-refractivity contribution in [3.8, 4) is 0 Å². The molecule has 0 atom stereocenters. The van der Waals surface area contributed by atoms with E-state index in [2.05, 4.69) is 5.32 Å². The van der Waals surface area contributed by atoms with E-state index in [-0.39, 0.29) is 16.3 Å². The molecule has 7 heteroatoms. The number of nitrogens with one attached hydrogen (secondary N) is 1. The number of esters is 1. The van der Waals surface area contributed by atoms with Crippen molar-refractivity contribution < 1.29 is 23.5 Å². The minimum absolute atomic E-state index is 0.0138. The summed E-state index contributed by atoms with van der Waals surface area (Å²) in [5, 5.41) is 2.16. The molecule has 0 aliphatic rings. The summed E-state index contributed by atoms with van der Waals surface area (Å²) >= 11 is 5.72. The number of rotatable bonds is 2. The predicted molar refractivity (Wildman–Crippen MR) is 86.4 cm³/mol. The van der Waals surface area contributed by atoms with Crippen molar-refractivity contribution in [1.29, 1.82) is 0 Å². The standard InChI is InChI=1S/C16H21ClFNO4/c1-15(2,3)22-13(20)9-7-11(18)10(17)8-12(9)19-14(21)23-16(4,5)6/h7-8H,1-6H3,(H,19,21). The number of anilines is 1. The minimum atomic E-state index is -0.790. The van der Waals surface area contributed by atoms with Crippen molar-refractivity contribution in [2.45, 2.75) is 52.7 Å². The first-order chi connectivity index (χ1) is 10.3. The Labute approximate surface area is 140 Å². The van der Waals surface area contributed by atoms with E-state index in [0.29, 0.717) is 0 Å². The van der Waals surface area contributed by atoms with Gasteiger partial charge in [-0.1, -0.05) is 11.6 Å². The van der Waals surface area contributed by atoms with Crippen LogP contribution >= 0.6 is 11.6 Å². The fourth-order valence-electron chi connectivity index (χ4n) is 1.57. The number of carbonyl (C=O) groups is 2. The summed E-state index contributed by atoms with van der Waals surface area (Å²) < 4.78 is 24.0. The largest absolute Gasteiger partial charge is 0.456 e. The van der Waals surface area contributed by atoms with Crippen LogP contribution in [0.2, 0.25) is 5.02 Å². The van der Waals surface area contributed by atoms with Gasteiger partial charge in [-0.2, -0.15) is 0 Å². The molecule has 128 valence electrons. The molecule has 0 fully saturated rings. The van der Waals surface area contributed by atoms with E-state index in [1.165, 1.54) is 0 Å². The summed E-state index contributed by atoms with van der Waals surface area (Å²) in [6, 6.07) is 2.06. The molecular formula is C16H21ClFNO4. The molecule has 0 radical (unpaired) electrons. The summed E-state index contributed by atoms with van der Waals surface area (Å²) in [4.78, 5) is 24.0. The lowest BCUT2D eigenvalue weighted by molar-refractivity contribution is 0.00703. The molecule has 0 aliphatic carbocycles. The van der Waals surface area contributed by atoms with E-state index in [0.717, 1.165) is 12.1 Å². The van der Waals surface area contributed by atoms with Crippen LogP contribution in [0.3, 0.4) is 0 Å². The normalized spacial score (nSPS) is 11.8. The van der Waals surface area contributed by atoms with Crippen molar-refractivity contribution in [3.05, 3.63) is 28.5 Å². The summed E-state index contributed by atoms with van der Waals surface area (Å²) in [6.07, 6.45) is -0.787. The predicted octanol–water partition coefficient (Wildman–Crippen LogP) is 4.78. The zero-order chi connectivity index (χ0) is 18.0. The number of halogens is 2. The summed E-state index contributed by atoms with van der Waals surface area (Å²) in [5.74, 6) is -1.57. The molecule has 0 unspecified atom stereocenters. The molecule has 0 aliphatic heterocycles. The lowest BCUT2D eigenvalue weighted by atomic mass is 10.1. The quantitative estimate of drug-likeness (QED) is 0.783. The first-order valence-corrected chi connectivity index (χ1v) is 7.39. The van der Waals surface area contributed by atoms with Gasteiger partial charge < -0.3 is 9.47 Å². The lowest BCUT2D eigenvalue weighted by Gasteiger charge is -2.22. The molecule has 0 bridgehead atoms. The third kappa shape index (κ3) is 6.44. The highest BCUT2D eigenvalue weighted by Gasteiger charge is 2.24. The third-order valence-corrected chi connectivity index (χ3v) is 2.60. The van der Waals surface area contributed by atoms with Crippen LogP contribution < -0.4 is 5.32 Å². The van der Waals surface area contributed by atoms with Crippen molar-refractivity contribution in [1.82, 2.24) is 0 Å². The highest BCUT2D eigenvalue weighted by Crippen LogP contribution is 2.27. The van der Waals surface area contributed by atoms with E-state index < -0.39 is 29.1 Å². The molecule has 1 rings (SSSR count). The maximum atomic E-state index is 13.7. The molecule has 1 amide bonds. The molecule has 0 saturated carbocycles. The molecule has 23 heavy (non-hydrogen) atoms. The van der Waals surface area contributed by atoms with Crippen LogP contribution in [0, 0.1) is 5.82 Å². The number of hydrogen-bond acceptors (Lipinski definition) is 4. The molecule has 1 N–H and O–H groups in total. The van der Waals surface area contributed by atoms with Gasteiger partial charge in [0.1, 0.15) is 17.0 Å². The fraction of sp³-hybridized carbons (Fsp3) is 0.500. The molecule has 0 saturated heterocycles. The lowest BCUT2D eigenvalue weighted by Crippen LogP contribution is -2.28. The minimum Gasteiger partial charge on any atom is -0.456 e. The highest BCUT2D eigenvalue weighted by atomic mass is 35.5. The van der Waals surface area contributed by atoms with Gasteiger partial charge in [0.25, 0.3) is 0 Å². The van der Waals surface area contributed by atoms with Crippen LogP contribution in [-0.2, 0) is 9.47 Å². The van der Waals surface area contributed by atoms with Gasteiger partial charge in [0.15, 0.2) is 0 Å². The zero-order valence-corrected chi connectivity index (χ0v) is 14.8. The Kier molecular flexibility index (Phi) is 5.64. The Bertz CT molecular complexity index is 618. The molecule has 1 aromatic rings. The summed E-state index contributed by atoms with van der Waals surface area (Å²) in [7, 11) is 0. The van der Waals surface area contributed by atoms with E-state index in [1.807, 2.05) is 0 Å². The van der Waals surface area contributed by atoms with Gasteiger partial charge in [0, 0.05) is 0 Å². The second-order valence-corrected chi connectivity index (χ2v) is 7.35. The van der Waals surface area contributed by atoms with E-state index in [1.54, 1.807) is 41.5 Å². The fourth-order valence-corrected chi connectivity index (χ4v) is 1.73. The van der Waals surface area contributed by atoms with E-state index >= 15 is 0 Å². The Balaban J connectivity index is 3.13. The smallest absolute Gasteiger partial charge is 0.412 e. The maximum absolute atomic E-state index is 13.7. The topological polar surface area (TPSA) is 64.6 Å². The van der Waals surface area contributed by atoms with Crippen molar-refractivity contribution in [2.24, 2.45) is 0 Å². The molecule has 0 heterocycles. The Hall–Kier alpha value is -1.82. The Morgan fingerprint density at radius 1 is 1.04 bits per heavy atom. The number of hydrogen-bond donors (Lipinski definition) is 1. The number of carbonyl (C=O) groups excluding carboxylic acids is 2. The van der Waals surface area contributed by atoms with Gasteiger partial charge in [0.05, 0.1) is 16.3 Å². The van der Waals surface area contributed by atoms with Crippen LogP contribution in [0.25, 0.3) is 0 Å². The van der Waals surface area contributed by atoms with Gasteiger partial charge in [0.2, 0.25) is 0 Å². The van der Waals surface area contributed by atoms with Gasteiger partial charge in [-0.05, 0) is 53.7 Å². The average Bonchev–Trinajstić information content (AvgIpc) is 2.28. The second kappa shape index (κ2) is 6.74. The monoisotopic (exact) mass is 345 g/mol. The van der Waals surface area contributed by atoms with E-state index in [9.17, 15) is 14.0 Å². The number of amides is 1. The SMILES string of the molecule is CC(C)(C)OC(=O)Nc1cc(Cl)c(F)cc1C(=O)OC(C)(C)C. The number of ether oxygens (including phenoxy) is 2. The molecule has 0 spiro atoms. The molecular weight excluding hydrogens is 325 g/mol. The van der Waals surface area contributed by atoms with Crippen LogP contribution in [0.5, 0.6) is 0 Å². The molecule has 5 nitrogen and oxygen atoms in total. The third-order valence-electron chi connectivity index (χ3n) is 2.31. The van der Waals surface area contributed by atoms with Crippen LogP contribution in [0.15, 0.2) is 12.1 Å². The second-order valence-electron chi connectivity index (χ2n) is 6.94. The van der Waals surface area contributed by atoms with Gasteiger partial charge in [-0.15, -0.1) is 0 Å². The van der Waals surface area contributed by atoms with Gasteiger partial charge >= 0.3 is 12.1 Å². The van der Waals surface area contributed by atoms with Crippen LogP contribution in [0.1, 0.15) is 51.9 Å². The van der Waals surface area contributed by atoms with Crippen molar-refractivity contribution in [2.75, 3.05) is 5.32 Å². The van der Waals surface area contributed by atoms with Crippen molar-refractivity contribution in [3.63, 3.8) is 0 Å². The van der Waals surface area contributed by atoms with Crippen molar-refractivity contribution >= 4 is 29.4 Å². The summed E-state index contributed by atoms with van der Waals surface area (Å²) in [5.41, 5.74) is -1.62. The van der Waals surface area contributed by atoms with Gasteiger partial charge in [-0.3, -0.25) is 5.32 Å². The van der Waals surface area contributed by atoms with Crippen LogP contribution in [-0.4, -0.2) is 23.3 Å². The van der Waals surface area contributed by atoms with Crippen LogP contribution in [0.4, 0.5) is 14.9 Å². The Morgan fingerprint density at radius 2 is 1.57 bits per heavy atom.